The van der Waals surface area contributed by atoms with E-state index in [9.17, 15) is 9.59 Å². The molecular weight excluding hydrogens is 292 g/mol. The van der Waals surface area contributed by atoms with E-state index in [4.69, 9.17) is 19.2 Å². The minimum atomic E-state index is -0.591. The maximum absolute atomic E-state index is 12.0. The summed E-state index contributed by atoms with van der Waals surface area (Å²) < 4.78 is 9.51. The Morgan fingerprint density at radius 2 is 1.32 bits per heavy atom. The summed E-state index contributed by atoms with van der Waals surface area (Å²) in [5, 5.41) is 7.75. The SMILES string of the molecule is COC(=O)C1=NN=C(C(=O)OC)C2C3OOC(C3=C(C)C)C12. The van der Waals surface area contributed by atoms with Crippen molar-refractivity contribution < 1.29 is 28.8 Å². The lowest BCUT2D eigenvalue weighted by atomic mass is 9.84. The molecule has 0 aromatic carbocycles. The molecule has 0 aromatic rings. The number of nitrogens with zero attached hydrogens (tertiary/aromatic N) is 2. The number of hydrogen-bond acceptors (Lipinski definition) is 8. The molecule has 0 amide bonds. The smallest absolute Gasteiger partial charge is 0.354 e. The molecule has 4 unspecified atom stereocenters. The van der Waals surface area contributed by atoms with Crippen LogP contribution in [0.3, 0.4) is 0 Å². The Hall–Kier alpha value is -2.06. The van der Waals surface area contributed by atoms with Gasteiger partial charge >= 0.3 is 11.9 Å². The molecule has 1 aliphatic carbocycles. The van der Waals surface area contributed by atoms with Gasteiger partial charge in [0.2, 0.25) is 0 Å². The van der Waals surface area contributed by atoms with Gasteiger partial charge in [0.1, 0.15) is 12.2 Å². The van der Waals surface area contributed by atoms with Gasteiger partial charge in [-0.3, -0.25) is 0 Å². The molecule has 2 fully saturated rings. The van der Waals surface area contributed by atoms with Crippen molar-refractivity contribution >= 4 is 23.4 Å². The van der Waals surface area contributed by atoms with E-state index in [2.05, 4.69) is 10.2 Å². The number of carbonyl (C=O) groups excluding carboxylic acids is 2. The summed E-state index contributed by atoms with van der Waals surface area (Å²) in [6.07, 6.45) is -0.957. The maximum atomic E-state index is 12.0. The zero-order chi connectivity index (χ0) is 16.0. The minimum absolute atomic E-state index is 0.134. The Morgan fingerprint density at radius 1 is 0.909 bits per heavy atom. The highest BCUT2D eigenvalue weighted by Crippen LogP contribution is 2.49. The first-order valence-corrected chi connectivity index (χ1v) is 6.82. The van der Waals surface area contributed by atoms with Crippen LogP contribution in [0.1, 0.15) is 13.8 Å². The molecule has 0 N–H and O–H groups in total. The van der Waals surface area contributed by atoms with Crippen LogP contribution < -0.4 is 0 Å². The highest BCUT2D eigenvalue weighted by atomic mass is 17.2. The summed E-state index contributed by atoms with van der Waals surface area (Å²) in [7, 11) is 2.54. The number of methoxy groups -OCH3 is 2. The third kappa shape index (κ3) is 1.91. The van der Waals surface area contributed by atoms with E-state index >= 15 is 0 Å². The van der Waals surface area contributed by atoms with Gasteiger partial charge in [0, 0.05) is 0 Å². The molecule has 3 rings (SSSR count). The summed E-state index contributed by atoms with van der Waals surface area (Å²) in [5.41, 5.74) is 2.19. The fraction of sp³-hybridized carbons (Fsp3) is 0.571. The number of ether oxygens (including phenoxy) is 2. The number of fused-ring (bicyclic) bond motifs is 5. The zero-order valence-electron chi connectivity index (χ0n) is 12.7. The molecule has 1 saturated carbocycles. The van der Waals surface area contributed by atoms with E-state index in [0.29, 0.717) is 0 Å². The predicted molar refractivity (Wildman–Crippen MR) is 74.0 cm³/mol. The van der Waals surface area contributed by atoms with Crippen molar-refractivity contribution in [3.8, 4) is 0 Å². The molecule has 2 aliphatic heterocycles. The van der Waals surface area contributed by atoms with Crippen LogP contribution in [0.4, 0.5) is 0 Å². The van der Waals surface area contributed by atoms with Gasteiger partial charge < -0.3 is 9.47 Å². The summed E-state index contributed by atoms with van der Waals surface area (Å²) in [4.78, 5) is 34.6. The summed E-state index contributed by atoms with van der Waals surface area (Å²) in [6, 6.07) is 0. The van der Waals surface area contributed by atoms with Crippen molar-refractivity contribution in [1.82, 2.24) is 0 Å². The van der Waals surface area contributed by atoms with Crippen molar-refractivity contribution in [2.75, 3.05) is 14.2 Å². The fourth-order valence-corrected chi connectivity index (χ4v) is 3.27. The van der Waals surface area contributed by atoms with Gasteiger partial charge in [-0.1, -0.05) is 5.57 Å². The average Bonchev–Trinajstić information content (AvgIpc) is 3.09. The van der Waals surface area contributed by atoms with Gasteiger partial charge in [-0.15, -0.1) is 10.2 Å². The molecule has 0 spiro atoms. The highest BCUT2D eigenvalue weighted by Gasteiger charge is 2.62. The van der Waals surface area contributed by atoms with E-state index < -0.39 is 36.0 Å². The average molecular weight is 308 g/mol. The van der Waals surface area contributed by atoms with Crippen LogP contribution in [-0.2, 0) is 28.8 Å². The molecule has 1 saturated heterocycles. The molecule has 118 valence electrons. The normalized spacial score (nSPS) is 32.1. The van der Waals surface area contributed by atoms with Gasteiger partial charge in [0.05, 0.1) is 26.1 Å². The van der Waals surface area contributed by atoms with Crippen LogP contribution in [0.25, 0.3) is 0 Å². The van der Waals surface area contributed by atoms with E-state index in [1.807, 2.05) is 13.8 Å². The van der Waals surface area contributed by atoms with Gasteiger partial charge in [-0.2, -0.15) is 0 Å². The van der Waals surface area contributed by atoms with Crippen LogP contribution in [0.15, 0.2) is 21.3 Å². The summed E-state index contributed by atoms with van der Waals surface area (Å²) >= 11 is 0. The number of allylic oxidation sites excluding steroid dienone is 1. The zero-order valence-corrected chi connectivity index (χ0v) is 12.7. The van der Waals surface area contributed by atoms with Crippen molar-refractivity contribution in [2.24, 2.45) is 22.0 Å². The van der Waals surface area contributed by atoms with E-state index in [1.165, 1.54) is 14.2 Å². The van der Waals surface area contributed by atoms with E-state index in [0.717, 1.165) is 11.1 Å². The van der Waals surface area contributed by atoms with Crippen LogP contribution in [0.5, 0.6) is 0 Å². The summed E-state index contributed by atoms with van der Waals surface area (Å²) in [5.74, 6) is -2.12. The molecule has 2 heterocycles. The Balaban J connectivity index is 2.12. The molecule has 0 aromatic heterocycles. The van der Waals surface area contributed by atoms with Crippen molar-refractivity contribution in [3.63, 3.8) is 0 Å². The molecule has 4 atom stereocenters. The molecular formula is C14H16N2O6. The highest BCUT2D eigenvalue weighted by molar-refractivity contribution is 6.43. The first kappa shape index (κ1) is 14.9. The topological polar surface area (TPSA) is 95.8 Å². The second-order valence-corrected chi connectivity index (χ2v) is 5.49. The fourth-order valence-electron chi connectivity index (χ4n) is 3.27. The second kappa shape index (κ2) is 5.29. The first-order valence-electron chi connectivity index (χ1n) is 6.82. The lowest BCUT2D eigenvalue weighted by Crippen LogP contribution is -2.47. The quantitative estimate of drug-likeness (QED) is 0.417. The summed E-state index contributed by atoms with van der Waals surface area (Å²) in [6.45, 7) is 3.85. The lowest BCUT2D eigenvalue weighted by Gasteiger charge is -2.30. The van der Waals surface area contributed by atoms with Crippen molar-refractivity contribution in [3.05, 3.63) is 11.1 Å². The number of esters is 2. The van der Waals surface area contributed by atoms with Crippen LogP contribution in [0.2, 0.25) is 0 Å². The van der Waals surface area contributed by atoms with Crippen molar-refractivity contribution in [2.45, 2.75) is 26.1 Å². The van der Waals surface area contributed by atoms with Gasteiger partial charge in [-0.05, 0) is 19.4 Å². The molecule has 0 radical (unpaired) electrons. The van der Waals surface area contributed by atoms with Gasteiger partial charge in [0.25, 0.3) is 0 Å². The van der Waals surface area contributed by atoms with Crippen LogP contribution >= 0.6 is 0 Å². The van der Waals surface area contributed by atoms with Gasteiger partial charge in [0.15, 0.2) is 11.4 Å². The minimum Gasteiger partial charge on any atom is -0.464 e. The molecule has 8 heteroatoms. The molecule has 22 heavy (non-hydrogen) atoms. The third-order valence-electron chi connectivity index (χ3n) is 4.18. The predicted octanol–water partition coefficient (Wildman–Crippen LogP) is 0.424. The molecule has 2 bridgehead atoms. The Labute approximate surface area is 126 Å². The van der Waals surface area contributed by atoms with Crippen molar-refractivity contribution in [1.29, 1.82) is 0 Å². The van der Waals surface area contributed by atoms with Gasteiger partial charge in [-0.25, -0.2) is 19.4 Å². The number of carbonyl (C=O) groups is 2. The van der Waals surface area contributed by atoms with Crippen LogP contribution in [0, 0.1) is 11.8 Å². The number of rotatable bonds is 2. The molecule has 8 nitrogen and oxygen atoms in total. The maximum Gasteiger partial charge on any atom is 0.354 e. The number of hydrogen-bond donors (Lipinski definition) is 0. The molecule has 3 aliphatic rings. The monoisotopic (exact) mass is 308 g/mol. The van der Waals surface area contributed by atoms with E-state index in [1.54, 1.807) is 0 Å². The Morgan fingerprint density at radius 3 is 1.64 bits per heavy atom. The first-order chi connectivity index (χ1) is 10.5. The second-order valence-electron chi connectivity index (χ2n) is 5.49. The Kier molecular flexibility index (Phi) is 3.57. The standard InChI is InChI=1S/C14H16N2O6/c1-5(2)6-11-7-8(12(6)22-21-11)10(14(18)20-4)16-15-9(7)13(17)19-3/h7-8,11-12H,1-4H3. The lowest BCUT2D eigenvalue weighted by molar-refractivity contribution is -0.328. The van der Waals surface area contributed by atoms with Crippen LogP contribution in [-0.4, -0.2) is 49.8 Å². The van der Waals surface area contributed by atoms with E-state index in [-0.39, 0.29) is 11.4 Å². The Bertz CT molecular complexity index is 583. The third-order valence-corrected chi connectivity index (χ3v) is 4.18. The largest absolute Gasteiger partial charge is 0.464 e.